The number of ether oxygens (including phenoxy) is 1. The number of aromatic nitrogens is 3. The van der Waals surface area contributed by atoms with Crippen LogP contribution in [-0.2, 0) is 23.6 Å². The first-order valence-corrected chi connectivity index (χ1v) is 12.4. The number of imidazole rings is 1. The van der Waals surface area contributed by atoms with Crippen LogP contribution in [0.4, 0.5) is 0 Å². The first-order chi connectivity index (χ1) is 17.2. The molecule has 0 saturated carbocycles. The number of benzene rings is 2. The quantitative estimate of drug-likeness (QED) is 0.401. The Morgan fingerprint density at radius 2 is 1.75 bits per heavy atom. The van der Waals surface area contributed by atoms with E-state index in [-0.39, 0.29) is 17.9 Å². The molecule has 2 aromatic carbocycles. The summed E-state index contributed by atoms with van der Waals surface area (Å²) in [5, 5.41) is 0. The van der Waals surface area contributed by atoms with Crippen molar-refractivity contribution in [2.24, 2.45) is 19.1 Å². The molecule has 0 fully saturated rings. The lowest BCUT2D eigenvalue weighted by Crippen LogP contribution is -2.39. The summed E-state index contributed by atoms with van der Waals surface area (Å²) in [5.41, 5.74) is 4.83. The van der Waals surface area contributed by atoms with Gasteiger partial charge in [0.25, 0.3) is 5.56 Å². The summed E-state index contributed by atoms with van der Waals surface area (Å²) in [5.74, 6) is -0.478. The van der Waals surface area contributed by atoms with Crippen LogP contribution in [0, 0.1) is 6.92 Å². The average molecular weight is 503 g/mol. The summed E-state index contributed by atoms with van der Waals surface area (Å²) < 4.78 is 10.6. The normalized spacial score (nSPS) is 15.8. The summed E-state index contributed by atoms with van der Waals surface area (Å²) in [6.07, 6.45) is 1.80. The minimum Gasteiger partial charge on any atom is -0.463 e. The highest BCUT2D eigenvalue weighted by Gasteiger charge is 2.33. The lowest BCUT2D eigenvalue weighted by molar-refractivity contribution is -0.139. The first-order valence-electron chi connectivity index (χ1n) is 11.6. The molecule has 0 saturated heterocycles. The molecule has 9 heteroatoms. The third kappa shape index (κ3) is 3.76. The molecule has 0 aliphatic carbocycles. The van der Waals surface area contributed by atoms with E-state index in [1.807, 2.05) is 49.4 Å². The van der Waals surface area contributed by atoms with Crippen molar-refractivity contribution in [1.82, 2.24) is 13.7 Å². The van der Waals surface area contributed by atoms with Crippen LogP contribution in [-0.4, -0.2) is 26.3 Å². The molecule has 36 heavy (non-hydrogen) atoms. The summed E-state index contributed by atoms with van der Waals surface area (Å²) in [6.45, 7) is 5.74. The second-order valence-corrected chi connectivity index (χ2v) is 9.87. The largest absolute Gasteiger partial charge is 0.463 e. The smallest absolute Gasteiger partial charge is 0.338 e. The third-order valence-corrected chi connectivity index (χ3v) is 7.49. The second kappa shape index (κ2) is 8.91. The van der Waals surface area contributed by atoms with Gasteiger partial charge in [-0.15, -0.1) is 0 Å². The molecule has 0 amide bonds. The van der Waals surface area contributed by atoms with Crippen molar-refractivity contribution in [2.75, 3.05) is 6.61 Å². The van der Waals surface area contributed by atoms with Crippen molar-refractivity contribution < 1.29 is 9.53 Å². The number of aryl methyl sites for hydroxylation is 3. The lowest BCUT2D eigenvalue weighted by Gasteiger charge is -2.24. The summed E-state index contributed by atoms with van der Waals surface area (Å²) >= 11 is 1.28. The van der Waals surface area contributed by atoms with Crippen LogP contribution in [0.1, 0.15) is 36.6 Å². The van der Waals surface area contributed by atoms with Crippen LogP contribution in [0.25, 0.3) is 17.1 Å². The van der Waals surface area contributed by atoms with Crippen LogP contribution in [0.5, 0.6) is 0 Å². The molecule has 0 radical (unpaired) electrons. The zero-order valence-corrected chi connectivity index (χ0v) is 21.5. The van der Waals surface area contributed by atoms with Gasteiger partial charge in [0.15, 0.2) is 4.80 Å². The van der Waals surface area contributed by atoms with Crippen molar-refractivity contribution in [3.8, 4) is 0 Å². The van der Waals surface area contributed by atoms with E-state index in [1.165, 1.54) is 11.3 Å². The molecule has 3 heterocycles. The lowest BCUT2D eigenvalue weighted by atomic mass is 9.95. The monoisotopic (exact) mass is 502 g/mol. The van der Waals surface area contributed by atoms with Crippen LogP contribution in [0.2, 0.25) is 0 Å². The summed E-state index contributed by atoms with van der Waals surface area (Å²) in [6, 6.07) is 12.8. The summed E-state index contributed by atoms with van der Waals surface area (Å²) in [7, 11) is 3.46. The van der Waals surface area contributed by atoms with Gasteiger partial charge >= 0.3 is 11.7 Å². The average Bonchev–Trinajstić information content (AvgIpc) is 3.27. The molecule has 0 N–H and O–H groups in total. The van der Waals surface area contributed by atoms with Crippen molar-refractivity contribution in [3.63, 3.8) is 0 Å². The van der Waals surface area contributed by atoms with E-state index in [2.05, 4.69) is 4.99 Å². The molecule has 1 atom stereocenters. The van der Waals surface area contributed by atoms with Gasteiger partial charge in [-0.05, 0) is 50.1 Å². The number of esters is 1. The Hall–Kier alpha value is -3.98. The van der Waals surface area contributed by atoms with Gasteiger partial charge in [0.1, 0.15) is 0 Å². The molecule has 8 nitrogen and oxygen atoms in total. The van der Waals surface area contributed by atoms with E-state index < -0.39 is 12.0 Å². The Morgan fingerprint density at radius 1 is 1.06 bits per heavy atom. The van der Waals surface area contributed by atoms with E-state index in [9.17, 15) is 14.4 Å². The number of rotatable bonds is 4. The van der Waals surface area contributed by atoms with Crippen molar-refractivity contribution in [3.05, 3.63) is 101 Å². The highest BCUT2D eigenvalue weighted by Crippen LogP contribution is 2.30. The number of carbonyl (C=O) groups is 1. The standard InChI is InChI=1S/C27H26N4O4S/c1-6-35-25(33)22-16(3)28-26-31(23(22)18-10-7-15(2)8-11-18)24(32)21(36-26)14-17-9-12-19-20(13-17)30(5)27(34)29(19)4/h7-14,23H,6H2,1-5H3/b21-14-/t23-/m1/s1. The van der Waals surface area contributed by atoms with Gasteiger partial charge in [-0.1, -0.05) is 47.2 Å². The van der Waals surface area contributed by atoms with Crippen LogP contribution in [0.3, 0.4) is 0 Å². The molecule has 4 aromatic rings. The van der Waals surface area contributed by atoms with Gasteiger partial charge in [0.05, 0.1) is 39.5 Å². The molecule has 5 rings (SSSR count). The van der Waals surface area contributed by atoms with Gasteiger partial charge in [0.2, 0.25) is 0 Å². The van der Waals surface area contributed by atoms with Gasteiger partial charge in [-0.2, -0.15) is 0 Å². The van der Waals surface area contributed by atoms with E-state index >= 15 is 0 Å². The topological polar surface area (TPSA) is 87.6 Å². The molecule has 0 unspecified atom stereocenters. The first kappa shape index (κ1) is 23.7. The number of carbonyl (C=O) groups excluding carboxylic acids is 1. The number of hydrogen-bond acceptors (Lipinski definition) is 6. The molecule has 0 spiro atoms. The van der Waals surface area contributed by atoms with Gasteiger partial charge in [-0.25, -0.2) is 14.6 Å². The summed E-state index contributed by atoms with van der Waals surface area (Å²) in [4.78, 5) is 44.2. The second-order valence-electron chi connectivity index (χ2n) is 8.86. The van der Waals surface area contributed by atoms with Crippen LogP contribution < -0.4 is 20.6 Å². The maximum atomic E-state index is 13.7. The van der Waals surface area contributed by atoms with Gasteiger partial charge < -0.3 is 4.74 Å². The zero-order chi connectivity index (χ0) is 25.7. The van der Waals surface area contributed by atoms with Gasteiger partial charge in [0, 0.05) is 14.1 Å². The molecule has 184 valence electrons. The minimum atomic E-state index is -0.638. The molecular formula is C27H26N4O4S. The number of thiazole rings is 1. The number of hydrogen-bond donors (Lipinski definition) is 0. The SMILES string of the molecule is CCOC(=O)C1=C(C)N=c2s/c(=C\c3ccc4c(c3)n(C)c(=O)n4C)c(=O)n2[C@@H]1c1ccc(C)cc1. The van der Waals surface area contributed by atoms with E-state index in [0.717, 1.165) is 27.7 Å². The Balaban J connectivity index is 1.72. The predicted molar refractivity (Wildman–Crippen MR) is 140 cm³/mol. The Morgan fingerprint density at radius 3 is 2.44 bits per heavy atom. The number of fused-ring (bicyclic) bond motifs is 2. The molecular weight excluding hydrogens is 476 g/mol. The predicted octanol–water partition coefficient (Wildman–Crippen LogP) is 2.30. The maximum Gasteiger partial charge on any atom is 0.338 e. The fourth-order valence-corrected chi connectivity index (χ4v) is 5.67. The van der Waals surface area contributed by atoms with Crippen LogP contribution in [0.15, 0.2) is 68.3 Å². The van der Waals surface area contributed by atoms with E-state index in [0.29, 0.717) is 20.6 Å². The Kier molecular flexibility index (Phi) is 5.88. The molecule has 1 aliphatic heterocycles. The maximum absolute atomic E-state index is 13.7. The van der Waals surface area contributed by atoms with Crippen molar-refractivity contribution in [2.45, 2.75) is 26.8 Å². The number of nitrogens with zero attached hydrogens (tertiary/aromatic N) is 4. The number of allylic oxidation sites excluding steroid dienone is 1. The van der Waals surface area contributed by atoms with E-state index in [1.54, 1.807) is 47.7 Å². The fraction of sp³-hybridized carbons (Fsp3) is 0.259. The van der Waals surface area contributed by atoms with E-state index in [4.69, 9.17) is 4.74 Å². The molecule has 1 aliphatic rings. The highest BCUT2D eigenvalue weighted by molar-refractivity contribution is 7.07. The van der Waals surface area contributed by atoms with Gasteiger partial charge in [-0.3, -0.25) is 18.5 Å². The Labute approximate surface area is 210 Å². The van der Waals surface area contributed by atoms with Crippen LogP contribution >= 0.6 is 11.3 Å². The Bertz CT molecular complexity index is 1800. The van der Waals surface area contributed by atoms with Crippen molar-refractivity contribution >= 4 is 34.4 Å². The fourth-order valence-electron chi connectivity index (χ4n) is 4.62. The molecule has 2 aromatic heterocycles. The molecule has 0 bridgehead atoms. The highest BCUT2D eigenvalue weighted by atomic mass is 32.1. The zero-order valence-electron chi connectivity index (χ0n) is 20.7. The van der Waals surface area contributed by atoms with Crippen molar-refractivity contribution in [1.29, 1.82) is 0 Å². The third-order valence-electron chi connectivity index (χ3n) is 6.50. The minimum absolute atomic E-state index is 0.110.